The Labute approximate surface area is 209 Å². The van der Waals surface area contributed by atoms with E-state index in [4.69, 9.17) is 19.6 Å². The number of anilines is 2. The van der Waals surface area contributed by atoms with E-state index in [2.05, 4.69) is 10.6 Å². The van der Waals surface area contributed by atoms with Crippen molar-refractivity contribution in [2.75, 3.05) is 24.9 Å². The van der Waals surface area contributed by atoms with Crippen molar-refractivity contribution in [3.63, 3.8) is 0 Å². The SMILES string of the molecule is COc1ccc(C2C(C(=O)Nc3ccccc3OC)=C(C)Nc3nc(-c4cccc(C)c4)nn32)cc1. The van der Waals surface area contributed by atoms with Gasteiger partial charge in [-0.1, -0.05) is 48.0 Å². The zero-order chi connectivity index (χ0) is 25.2. The third-order valence-corrected chi connectivity index (χ3v) is 6.16. The Bertz CT molecular complexity index is 1460. The molecule has 36 heavy (non-hydrogen) atoms. The lowest BCUT2D eigenvalue weighted by molar-refractivity contribution is -0.113. The standard InChI is InChI=1S/C28H27N5O3/c1-17-8-7-9-20(16-17)26-31-28-29-18(2)24(27(34)30-22-10-5-6-11-23(22)36-4)25(33(28)32-26)19-12-14-21(35-3)15-13-19/h5-16,25H,1-4H3,(H,30,34)(H,29,31,32). The first kappa shape index (κ1) is 23.2. The monoisotopic (exact) mass is 481 g/mol. The highest BCUT2D eigenvalue weighted by Crippen LogP contribution is 2.38. The Morgan fingerprint density at radius 2 is 1.75 bits per heavy atom. The third-order valence-electron chi connectivity index (χ3n) is 6.16. The van der Waals surface area contributed by atoms with E-state index in [1.165, 1.54) is 0 Å². The summed E-state index contributed by atoms with van der Waals surface area (Å²) in [4.78, 5) is 18.5. The Balaban J connectivity index is 1.60. The van der Waals surface area contributed by atoms with Gasteiger partial charge in [-0.15, -0.1) is 5.10 Å². The molecule has 0 saturated carbocycles. The molecule has 0 radical (unpaired) electrons. The Hall–Kier alpha value is -4.59. The van der Waals surface area contributed by atoms with Crippen LogP contribution in [0.2, 0.25) is 0 Å². The first-order valence-corrected chi connectivity index (χ1v) is 11.6. The Kier molecular flexibility index (Phi) is 6.16. The van der Waals surface area contributed by atoms with Crippen LogP contribution in [0.1, 0.15) is 24.1 Å². The molecule has 1 unspecified atom stereocenters. The third kappa shape index (κ3) is 4.29. The fourth-order valence-electron chi connectivity index (χ4n) is 4.38. The van der Waals surface area contributed by atoms with Crippen LogP contribution < -0.4 is 20.1 Å². The van der Waals surface area contributed by atoms with Gasteiger partial charge >= 0.3 is 0 Å². The molecule has 0 bridgehead atoms. The van der Waals surface area contributed by atoms with Crippen LogP contribution in [-0.2, 0) is 4.79 Å². The number of nitrogens with zero attached hydrogens (tertiary/aromatic N) is 3. The van der Waals surface area contributed by atoms with Crippen molar-refractivity contribution in [1.29, 1.82) is 0 Å². The summed E-state index contributed by atoms with van der Waals surface area (Å²) >= 11 is 0. The molecule has 1 aliphatic heterocycles. The maximum absolute atomic E-state index is 13.7. The van der Waals surface area contributed by atoms with Crippen molar-refractivity contribution in [2.45, 2.75) is 19.9 Å². The highest BCUT2D eigenvalue weighted by Gasteiger charge is 2.34. The predicted octanol–water partition coefficient (Wildman–Crippen LogP) is 5.20. The van der Waals surface area contributed by atoms with Gasteiger partial charge in [-0.05, 0) is 49.7 Å². The lowest BCUT2D eigenvalue weighted by Gasteiger charge is -2.29. The fourth-order valence-corrected chi connectivity index (χ4v) is 4.38. The minimum Gasteiger partial charge on any atom is -0.497 e. The second-order valence-corrected chi connectivity index (χ2v) is 8.57. The van der Waals surface area contributed by atoms with E-state index in [0.29, 0.717) is 34.5 Å². The van der Waals surface area contributed by atoms with Crippen LogP contribution in [-0.4, -0.2) is 34.9 Å². The summed E-state index contributed by atoms with van der Waals surface area (Å²) in [6, 6.07) is 22.5. The summed E-state index contributed by atoms with van der Waals surface area (Å²) < 4.78 is 12.5. The first-order valence-electron chi connectivity index (χ1n) is 11.6. The highest BCUT2D eigenvalue weighted by atomic mass is 16.5. The summed E-state index contributed by atoms with van der Waals surface area (Å²) in [6.45, 7) is 3.90. The summed E-state index contributed by atoms with van der Waals surface area (Å²) in [5.74, 6) is 2.20. The number of hydrogen-bond donors (Lipinski definition) is 2. The summed E-state index contributed by atoms with van der Waals surface area (Å²) in [6.07, 6.45) is 0. The molecule has 2 heterocycles. The number of fused-ring (bicyclic) bond motifs is 1. The number of ether oxygens (including phenoxy) is 2. The Morgan fingerprint density at radius 3 is 2.47 bits per heavy atom. The van der Waals surface area contributed by atoms with Crippen LogP contribution in [0.15, 0.2) is 84.1 Å². The molecule has 4 aromatic rings. The number of benzene rings is 3. The molecule has 5 rings (SSSR count). The lowest BCUT2D eigenvalue weighted by atomic mass is 9.95. The van der Waals surface area contributed by atoms with Gasteiger partial charge in [0.1, 0.15) is 17.5 Å². The predicted molar refractivity (Wildman–Crippen MR) is 139 cm³/mol. The average molecular weight is 482 g/mol. The molecular weight excluding hydrogens is 454 g/mol. The molecule has 3 aromatic carbocycles. The van der Waals surface area contributed by atoms with E-state index in [0.717, 1.165) is 22.4 Å². The number of methoxy groups -OCH3 is 2. The average Bonchev–Trinajstić information content (AvgIpc) is 3.32. The maximum Gasteiger partial charge on any atom is 0.255 e. The van der Waals surface area contributed by atoms with Gasteiger partial charge in [0.15, 0.2) is 5.82 Å². The normalized spacial score (nSPS) is 14.6. The smallest absolute Gasteiger partial charge is 0.255 e. The molecule has 0 saturated heterocycles. The van der Waals surface area contributed by atoms with E-state index in [1.54, 1.807) is 25.0 Å². The second kappa shape index (κ2) is 9.58. The van der Waals surface area contributed by atoms with E-state index in [-0.39, 0.29) is 5.91 Å². The molecule has 0 aliphatic carbocycles. The number of allylic oxidation sites excluding steroid dienone is 1. The van der Waals surface area contributed by atoms with Crippen LogP contribution in [0.3, 0.4) is 0 Å². The number of amides is 1. The van der Waals surface area contributed by atoms with Crippen LogP contribution >= 0.6 is 0 Å². The summed E-state index contributed by atoms with van der Waals surface area (Å²) in [7, 11) is 3.20. The van der Waals surface area contributed by atoms with Crippen molar-refractivity contribution in [3.8, 4) is 22.9 Å². The van der Waals surface area contributed by atoms with Gasteiger partial charge in [0.25, 0.3) is 5.91 Å². The van der Waals surface area contributed by atoms with Crippen molar-refractivity contribution in [3.05, 3.63) is 95.2 Å². The van der Waals surface area contributed by atoms with Gasteiger partial charge < -0.3 is 20.1 Å². The number of rotatable bonds is 6. The van der Waals surface area contributed by atoms with E-state index in [9.17, 15) is 4.79 Å². The minimum absolute atomic E-state index is 0.261. The molecule has 8 heteroatoms. The van der Waals surface area contributed by atoms with Gasteiger partial charge in [-0.2, -0.15) is 4.98 Å². The second-order valence-electron chi connectivity index (χ2n) is 8.57. The number of aromatic nitrogens is 3. The zero-order valence-corrected chi connectivity index (χ0v) is 20.6. The molecular formula is C28H27N5O3. The number of nitrogens with one attached hydrogen (secondary N) is 2. The molecule has 1 aromatic heterocycles. The van der Waals surface area contributed by atoms with E-state index >= 15 is 0 Å². The molecule has 1 amide bonds. The number of carbonyl (C=O) groups excluding carboxylic acids is 1. The molecule has 1 atom stereocenters. The van der Waals surface area contributed by atoms with Gasteiger partial charge in [0.05, 0.1) is 25.5 Å². The largest absolute Gasteiger partial charge is 0.497 e. The Morgan fingerprint density at radius 1 is 0.972 bits per heavy atom. The topological polar surface area (TPSA) is 90.3 Å². The van der Waals surface area contributed by atoms with Crippen molar-refractivity contribution in [1.82, 2.24) is 14.8 Å². The highest BCUT2D eigenvalue weighted by molar-refractivity contribution is 6.06. The molecule has 0 fully saturated rings. The number of carbonyl (C=O) groups is 1. The van der Waals surface area contributed by atoms with Crippen LogP contribution in [0.25, 0.3) is 11.4 Å². The summed E-state index contributed by atoms with van der Waals surface area (Å²) in [5, 5.41) is 11.1. The maximum atomic E-state index is 13.7. The number of aryl methyl sites for hydroxylation is 1. The van der Waals surface area contributed by atoms with Crippen molar-refractivity contribution in [2.24, 2.45) is 0 Å². The molecule has 1 aliphatic rings. The van der Waals surface area contributed by atoms with Crippen molar-refractivity contribution < 1.29 is 14.3 Å². The van der Waals surface area contributed by atoms with Gasteiger partial charge in [0.2, 0.25) is 5.95 Å². The first-order chi connectivity index (χ1) is 17.5. The van der Waals surface area contributed by atoms with Crippen molar-refractivity contribution >= 4 is 17.5 Å². The fraction of sp³-hybridized carbons (Fsp3) is 0.179. The van der Waals surface area contributed by atoms with E-state index < -0.39 is 6.04 Å². The molecule has 8 nitrogen and oxygen atoms in total. The van der Waals surface area contributed by atoms with E-state index in [1.807, 2.05) is 80.6 Å². The van der Waals surface area contributed by atoms with Gasteiger partial charge in [-0.25, -0.2) is 4.68 Å². The van der Waals surface area contributed by atoms with Crippen LogP contribution in [0.4, 0.5) is 11.6 Å². The lowest BCUT2D eigenvalue weighted by Crippen LogP contribution is -2.31. The van der Waals surface area contributed by atoms with Gasteiger partial charge in [-0.3, -0.25) is 4.79 Å². The molecule has 0 spiro atoms. The van der Waals surface area contributed by atoms with Crippen LogP contribution in [0, 0.1) is 6.92 Å². The number of hydrogen-bond acceptors (Lipinski definition) is 6. The number of para-hydroxylation sites is 2. The van der Waals surface area contributed by atoms with Crippen LogP contribution in [0.5, 0.6) is 11.5 Å². The molecule has 2 N–H and O–H groups in total. The minimum atomic E-state index is -0.507. The zero-order valence-electron chi connectivity index (χ0n) is 20.6. The summed E-state index contributed by atoms with van der Waals surface area (Å²) in [5.41, 5.74) is 4.71. The van der Waals surface area contributed by atoms with Gasteiger partial charge in [0, 0.05) is 11.3 Å². The molecule has 182 valence electrons. The quantitative estimate of drug-likeness (QED) is 0.394.